The van der Waals surface area contributed by atoms with Crippen LogP contribution in [0.1, 0.15) is 239 Å². The van der Waals surface area contributed by atoms with Crippen LogP contribution in [0.15, 0.2) is 97.2 Å². The van der Waals surface area contributed by atoms with Gasteiger partial charge in [0.2, 0.25) is 5.91 Å². The lowest BCUT2D eigenvalue weighted by atomic mass is 10.0. The van der Waals surface area contributed by atoms with Gasteiger partial charge in [-0.25, -0.2) is 0 Å². The zero-order chi connectivity index (χ0) is 53.6. The molecule has 1 amide bonds. The first kappa shape index (κ1) is 69.9. The SMILES string of the molecule is CC/C=C/C/C=C/C/C=C/C/C=C/C/C=C/CCC(=O)NC(COP(=O)([O-])OCC[N+](C)(C)C)C(/C=C/CCCCCCCCCCCC)OC(=O)CCCCCCCCCCC/C=C\C/C=C\CCCCC. The van der Waals surface area contributed by atoms with Crippen molar-refractivity contribution in [2.75, 3.05) is 40.9 Å². The molecule has 73 heavy (non-hydrogen) atoms. The number of nitrogens with zero attached hydrogens (tertiary/aromatic N) is 1. The van der Waals surface area contributed by atoms with Crippen molar-refractivity contribution in [3.05, 3.63) is 97.2 Å². The number of carbonyl (C=O) groups is 2. The van der Waals surface area contributed by atoms with Gasteiger partial charge in [0.15, 0.2) is 0 Å². The van der Waals surface area contributed by atoms with Crippen LogP contribution >= 0.6 is 7.82 Å². The second-order valence-electron chi connectivity index (χ2n) is 20.8. The Balaban J connectivity index is 5.41. The van der Waals surface area contributed by atoms with Crippen LogP contribution in [-0.4, -0.2) is 69.4 Å². The van der Waals surface area contributed by atoms with Crippen LogP contribution in [0.3, 0.4) is 0 Å². The number of carbonyl (C=O) groups excluding carboxylic acids is 2. The monoisotopic (exact) mass is 1040 g/mol. The maximum absolute atomic E-state index is 13.5. The number of unbranched alkanes of at least 4 members (excludes halogenated alkanes) is 22. The number of likely N-dealkylation sites (N-methyl/N-ethyl adjacent to an activating group) is 1. The molecule has 0 aromatic heterocycles. The number of esters is 1. The van der Waals surface area contributed by atoms with Crippen LogP contribution in [0.2, 0.25) is 0 Å². The van der Waals surface area contributed by atoms with Crippen LogP contribution in [0.25, 0.3) is 0 Å². The van der Waals surface area contributed by atoms with Crippen LogP contribution in [0, 0.1) is 0 Å². The third kappa shape index (κ3) is 53.6. The van der Waals surface area contributed by atoms with Gasteiger partial charge in [-0.3, -0.25) is 14.2 Å². The molecule has 0 fully saturated rings. The van der Waals surface area contributed by atoms with E-state index >= 15 is 0 Å². The van der Waals surface area contributed by atoms with Crippen molar-refractivity contribution in [3.8, 4) is 0 Å². The second-order valence-corrected chi connectivity index (χ2v) is 22.2. The Morgan fingerprint density at radius 3 is 1.37 bits per heavy atom. The normalized spacial score (nSPS) is 14.5. The lowest BCUT2D eigenvalue weighted by molar-refractivity contribution is -0.870. The van der Waals surface area contributed by atoms with Crippen molar-refractivity contribution >= 4 is 19.7 Å². The van der Waals surface area contributed by atoms with Gasteiger partial charge in [-0.1, -0.05) is 227 Å². The third-order valence-corrected chi connectivity index (χ3v) is 13.5. The number of nitrogens with one attached hydrogen (secondary N) is 1. The molecule has 9 nitrogen and oxygen atoms in total. The zero-order valence-electron chi connectivity index (χ0n) is 47.8. The molecule has 420 valence electrons. The summed E-state index contributed by atoms with van der Waals surface area (Å²) in [6.45, 7) is 6.63. The minimum absolute atomic E-state index is 0.0404. The molecule has 0 aromatic rings. The molecule has 0 saturated carbocycles. The molecule has 0 aliphatic rings. The van der Waals surface area contributed by atoms with Crippen LogP contribution in [0.5, 0.6) is 0 Å². The molecule has 0 bridgehead atoms. The summed E-state index contributed by atoms with van der Waals surface area (Å²) in [5.41, 5.74) is 0. The highest BCUT2D eigenvalue weighted by Gasteiger charge is 2.27. The number of hydrogen-bond acceptors (Lipinski definition) is 7. The summed E-state index contributed by atoms with van der Waals surface area (Å²) in [7, 11) is 1.13. The quantitative estimate of drug-likeness (QED) is 0.0212. The lowest BCUT2D eigenvalue weighted by Gasteiger charge is -2.30. The Hall–Kier alpha value is -3.07. The number of allylic oxidation sites excluding steroid dienone is 15. The number of ether oxygens (including phenoxy) is 1. The van der Waals surface area contributed by atoms with E-state index in [1.165, 1.54) is 109 Å². The maximum atomic E-state index is 13.5. The van der Waals surface area contributed by atoms with E-state index in [2.05, 4.69) is 99.0 Å². The second kappa shape index (κ2) is 52.4. The van der Waals surface area contributed by atoms with Crippen LogP contribution < -0.4 is 10.2 Å². The smallest absolute Gasteiger partial charge is 0.306 e. The average molecular weight is 1040 g/mol. The van der Waals surface area contributed by atoms with Crippen molar-refractivity contribution in [2.24, 2.45) is 0 Å². The van der Waals surface area contributed by atoms with Crippen LogP contribution in [-0.2, 0) is 27.9 Å². The van der Waals surface area contributed by atoms with Gasteiger partial charge in [-0.15, -0.1) is 0 Å². The van der Waals surface area contributed by atoms with Crippen molar-refractivity contribution in [1.82, 2.24) is 5.32 Å². The summed E-state index contributed by atoms with van der Waals surface area (Å²) in [5.74, 6) is -0.647. The molecule has 10 heteroatoms. The van der Waals surface area contributed by atoms with E-state index in [4.69, 9.17) is 13.8 Å². The minimum atomic E-state index is -4.72. The third-order valence-electron chi connectivity index (χ3n) is 12.5. The Kier molecular flexibility index (Phi) is 50.2. The molecular weight excluding hydrogens is 928 g/mol. The number of rotatable bonds is 52. The molecule has 0 heterocycles. The van der Waals surface area contributed by atoms with Gasteiger partial charge in [0.1, 0.15) is 19.3 Å². The molecule has 0 radical (unpaired) electrons. The summed E-state index contributed by atoms with van der Waals surface area (Å²) in [4.78, 5) is 39.9. The summed E-state index contributed by atoms with van der Waals surface area (Å²) in [6.07, 6.45) is 69.6. The van der Waals surface area contributed by atoms with Crippen molar-refractivity contribution in [1.29, 1.82) is 0 Å². The first-order valence-electron chi connectivity index (χ1n) is 29.5. The molecule has 0 rings (SSSR count). The van der Waals surface area contributed by atoms with E-state index in [1.54, 1.807) is 0 Å². The molecule has 0 spiro atoms. The van der Waals surface area contributed by atoms with Crippen molar-refractivity contribution < 1.29 is 37.3 Å². The fraction of sp³-hybridized carbons (Fsp3) is 0.714. The number of hydrogen-bond donors (Lipinski definition) is 1. The topological polar surface area (TPSA) is 114 Å². The fourth-order valence-electron chi connectivity index (χ4n) is 7.95. The Morgan fingerprint density at radius 2 is 0.890 bits per heavy atom. The predicted molar refractivity (Wildman–Crippen MR) is 311 cm³/mol. The number of phosphoric ester groups is 1. The Labute approximate surface area is 449 Å². The maximum Gasteiger partial charge on any atom is 0.306 e. The van der Waals surface area contributed by atoms with E-state index in [1.807, 2.05) is 45.4 Å². The van der Waals surface area contributed by atoms with Gasteiger partial charge in [0.05, 0.1) is 33.8 Å². The predicted octanol–water partition coefficient (Wildman–Crippen LogP) is 17.4. The Bertz CT molecular complexity index is 1570. The van der Waals surface area contributed by atoms with E-state index in [0.717, 1.165) is 83.5 Å². The molecule has 3 atom stereocenters. The number of phosphoric acid groups is 1. The summed E-state index contributed by atoms with van der Waals surface area (Å²) in [5, 5.41) is 2.97. The summed E-state index contributed by atoms with van der Waals surface area (Å²) < 4.78 is 30.2. The highest BCUT2D eigenvalue weighted by atomic mass is 31.2. The highest BCUT2D eigenvalue weighted by molar-refractivity contribution is 7.45. The average Bonchev–Trinajstić information content (AvgIpc) is 3.35. The highest BCUT2D eigenvalue weighted by Crippen LogP contribution is 2.38. The largest absolute Gasteiger partial charge is 0.756 e. The molecule has 0 aromatic carbocycles. The van der Waals surface area contributed by atoms with E-state index in [-0.39, 0.29) is 31.3 Å². The first-order chi connectivity index (χ1) is 35.4. The molecule has 0 saturated heterocycles. The summed E-state index contributed by atoms with van der Waals surface area (Å²) in [6, 6.07) is -0.934. The summed E-state index contributed by atoms with van der Waals surface area (Å²) >= 11 is 0. The van der Waals surface area contributed by atoms with Gasteiger partial charge in [0, 0.05) is 12.8 Å². The van der Waals surface area contributed by atoms with E-state index < -0.39 is 26.6 Å². The molecule has 0 aliphatic carbocycles. The van der Waals surface area contributed by atoms with Crippen LogP contribution in [0.4, 0.5) is 0 Å². The molecule has 0 aliphatic heterocycles. The first-order valence-corrected chi connectivity index (χ1v) is 31.0. The zero-order valence-corrected chi connectivity index (χ0v) is 48.7. The van der Waals surface area contributed by atoms with Gasteiger partial charge < -0.3 is 28.5 Å². The number of quaternary nitrogens is 1. The lowest BCUT2D eigenvalue weighted by Crippen LogP contribution is -2.47. The molecule has 1 N–H and O–H groups in total. The van der Waals surface area contributed by atoms with Gasteiger partial charge in [0.25, 0.3) is 7.82 Å². The van der Waals surface area contributed by atoms with Gasteiger partial charge in [-0.05, 0) is 96.0 Å². The molecular formula is C63H111N2O7P. The molecule has 3 unspecified atom stereocenters. The van der Waals surface area contributed by atoms with Crippen molar-refractivity contribution in [2.45, 2.75) is 251 Å². The van der Waals surface area contributed by atoms with Crippen molar-refractivity contribution in [3.63, 3.8) is 0 Å². The fourth-order valence-corrected chi connectivity index (χ4v) is 8.67. The van der Waals surface area contributed by atoms with Gasteiger partial charge >= 0.3 is 5.97 Å². The van der Waals surface area contributed by atoms with E-state index in [0.29, 0.717) is 23.9 Å². The standard InChI is InChI=1S/C63H111N2O7P/c1-7-10-13-16-19-22-25-28-30-32-33-34-36-38-41-44-47-50-53-56-63(67)72-61(54-51-48-45-42-39-27-24-21-18-15-12-9-3)60(59-71-73(68,69)70-58-57-65(4,5)6)64-62(66)55-52-49-46-43-40-37-35-31-29-26-23-20-17-14-11-8-2/h11,14,19-20,22-23,28-31,37,40,46,49,51,54,60-61H,7-10,12-13,15-18,21,24-27,32-36,38-39,41-45,47-48,50,52-53,55-59H2,1-6H3,(H-,64,66,68,69)/b14-11+,22-19-,23-20+,30-28-,31-29+,40-37+,49-46+,54-51+. The number of amides is 1. The minimum Gasteiger partial charge on any atom is -0.756 e. The van der Waals surface area contributed by atoms with Gasteiger partial charge in [-0.2, -0.15) is 0 Å². The Morgan fingerprint density at radius 1 is 0.493 bits per heavy atom. The van der Waals surface area contributed by atoms with E-state index in [9.17, 15) is 19.0 Å².